The number of likely N-dealkylation sites (N-methyl/N-ethyl adjacent to an activating group) is 1. The normalized spacial score (nSPS) is 10.7. The summed E-state index contributed by atoms with van der Waals surface area (Å²) in [7, 11) is 0. The zero-order valence-electron chi connectivity index (χ0n) is 11.4. The molecule has 1 rings (SSSR count). The highest BCUT2D eigenvalue weighted by Crippen LogP contribution is 2.20. The fraction of sp³-hybridized carbons (Fsp3) is 0.500. The lowest BCUT2D eigenvalue weighted by Crippen LogP contribution is -2.34. The van der Waals surface area contributed by atoms with Gasteiger partial charge in [0.1, 0.15) is 5.75 Å². The van der Waals surface area contributed by atoms with E-state index in [4.69, 9.17) is 0 Å². The van der Waals surface area contributed by atoms with Gasteiger partial charge < -0.3 is 15.3 Å². The summed E-state index contributed by atoms with van der Waals surface area (Å²) in [5, 5.41) is 12.6. The van der Waals surface area contributed by atoms with Crippen LogP contribution in [0.5, 0.6) is 5.75 Å². The van der Waals surface area contributed by atoms with E-state index in [2.05, 4.69) is 24.1 Å². The van der Waals surface area contributed by atoms with Gasteiger partial charge in [0.2, 0.25) is 0 Å². The molecule has 0 bridgehead atoms. The summed E-state index contributed by atoms with van der Waals surface area (Å²) in [5.74, 6) is -0.152. The van der Waals surface area contributed by atoms with E-state index in [9.17, 15) is 9.90 Å². The zero-order valence-corrected chi connectivity index (χ0v) is 11.4. The van der Waals surface area contributed by atoms with Crippen molar-refractivity contribution in [3.63, 3.8) is 0 Å². The van der Waals surface area contributed by atoms with Gasteiger partial charge in [-0.25, -0.2) is 0 Å². The Bertz CT molecular complexity index is 401. The van der Waals surface area contributed by atoms with E-state index in [1.54, 1.807) is 25.1 Å². The predicted octanol–water partition coefficient (Wildman–Crippen LogP) is 1.77. The van der Waals surface area contributed by atoms with Crippen LogP contribution in [0.15, 0.2) is 18.2 Å². The number of rotatable bonds is 6. The Hall–Kier alpha value is -1.55. The number of phenols is 1. The number of nitrogens with zero attached hydrogens (tertiary/aromatic N) is 1. The van der Waals surface area contributed by atoms with Crippen molar-refractivity contribution in [2.75, 3.05) is 26.2 Å². The average Bonchev–Trinajstić information content (AvgIpc) is 2.37. The molecular formula is C14H22N2O2. The van der Waals surface area contributed by atoms with Gasteiger partial charge in [0.25, 0.3) is 5.91 Å². The predicted molar refractivity (Wildman–Crippen MR) is 73.0 cm³/mol. The quantitative estimate of drug-likeness (QED) is 0.809. The molecule has 18 heavy (non-hydrogen) atoms. The van der Waals surface area contributed by atoms with Crippen molar-refractivity contribution in [3.05, 3.63) is 29.3 Å². The van der Waals surface area contributed by atoms with Crippen LogP contribution in [0.2, 0.25) is 0 Å². The summed E-state index contributed by atoms with van der Waals surface area (Å²) >= 11 is 0. The smallest absolute Gasteiger partial charge is 0.255 e. The number of amides is 1. The number of phenolic OH excluding ortho intramolecular Hbond substituents is 1. The number of nitrogens with one attached hydrogen (secondary N) is 1. The van der Waals surface area contributed by atoms with Crippen LogP contribution in [0.25, 0.3) is 0 Å². The highest BCUT2D eigenvalue weighted by Gasteiger charge is 2.11. The monoisotopic (exact) mass is 250 g/mol. The van der Waals surface area contributed by atoms with Crippen molar-refractivity contribution in [1.82, 2.24) is 10.2 Å². The lowest BCUT2D eigenvalue weighted by atomic mass is 10.1. The van der Waals surface area contributed by atoms with Crippen LogP contribution in [0, 0.1) is 6.92 Å². The largest absolute Gasteiger partial charge is 0.507 e. The molecule has 100 valence electrons. The summed E-state index contributed by atoms with van der Waals surface area (Å²) in [6.07, 6.45) is 0. The highest BCUT2D eigenvalue weighted by molar-refractivity contribution is 5.97. The molecule has 2 N–H and O–H groups in total. The van der Waals surface area contributed by atoms with Crippen molar-refractivity contribution < 1.29 is 9.90 Å². The number of carbonyl (C=O) groups is 1. The molecule has 0 aliphatic carbocycles. The third-order valence-corrected chi connectivity index (χ3v) is 3.09. The van der Waals surface area contributed by atoms with Gasteiger partial charge in [0.15, 0.2) is 0 Å². The number of benzene rings is 1. The van der Waals surface area contributed by atoms with Crippen molar-refractivity contribution >= 4 is 5.91 Å². The molecule has 1 aromatic carbocycles. The van der Waals surface area contributed by atoms with Crippen LogP contribution in [0.1, 0.15) is 29.8 Å². The van der Waals surface area contributed by atoms with E-state index in [1.165, 1.54) is 0 Å². The Kier molecular flexibility index (Phi) is 5.65. The maximum absolute atomic E-state index is 11.9. The Balaban J connectivity index is 2.53. The Labute approximate surface area is 109 Å². The van der Waals surface area contributed by atoms with Crippen molar-refractivity contribution in [2.24, 2.45) is 0 Å². The van der Waals surface area contributed by atoms with E-state index >= 15 is 0 Å². The standard InChI is InChI=1S/C14H22N2O2/c1-4-16(5-2)10-9-15-14(18)12-8-6-7-11(3)13(12)17/h6-8,17H,4-5,9-10H2,1-3H3,(H,15,18). The molecule has 0 aliphatic rings. The first-order valence-electron chi connectivity index (χ1n) is 6.39. The third-order valence-electron chi connectivity index (χ3n) is 3.09. The summed E-state index contributed by atoms with van der Waals surface area (Å²) in [6.45, 7) is 9.33. The first kappa shape index (κ1) is 14.5. The van der Waals surface area contributed by atoms with Gasteiger partial charge in [-0.05, 0) is 31.6 Å². The van der Waals surface area contributed by atoms with Crippen molar-refractivity contribution in [3.8, 4) is 5.75 Å². The SMILES string of the molecule is CCN(CC)CCNC(=O)c1cccc(C)c1O. The molecule has 0 aliphatic heterocycles. The Morgan fingerprint density at radius 3 is 2.61 bits per heavy atom. The van der Waals surface area contributed by atoms with Gasteiger partial charge in [-0.2, -0.15) is 0 Å². The molecule has 0 atom stereocenters. The summed E-state index contributed by atoms with van der Waals surface area (Å²) in [5.41, 5.74) is 1.06. The Morgan fingerprint density at radius 1 is 1.33 bits per heavy atom. The van der Waals surface area contributed by atoms with Gasteiger partial charge >= 0.3 is 0 Å². The molecule has 0 heterocycles. The fourth-order valence-electron chi connectivity index (χ4n) is 1.80. The van der Waals surface area contributed by atoms with Crippen molar-refractivity contribution in [1.29, 1.82) is 0 Å². The molecule has 1 aromatic rings. The van der Waals surface area contributed by atoms with Gasteiger partial charge in [0.05, 0.1) is 5.56 Å². The van der Waals surface area contributed by atoms with E-state index in [1.807, 2.05) is 0 Å². The minimum atomic E-state index is -0.219. The third kappa shape index (κ3) is 3.74. The second-order valence-corrected chi connectivity index (χ2v) is 4.25. The maximum Gasteiger partial charge on any atom is 0.255 e. The van der Waals surface area contributed by atoms with Crippen LogP contribution in [-0.2, 0) is 0 Å². The van der Waals surface area contributed by atoms with Crippen LogP contribution in [-0.4, -0.2) is 42.1 Å². The number of para-hydroxylation sites is 1. The molecular weight excluding hydrogens is 228 g/mol. The molecule has 0 spiro atoms. The fourth-order valence-corrected chi connectivity index (χ4v) is 1.80. The molecule has 0 saturated carbocycles. The summed E-state index contributed by atoms with van der Waals surface area (Å²) < 4.78 is 0. The van der Waals surface area contributed by atoms with E-state index < -0.39 is 0 Å². The van der Waals surface area contributed by atoms with Gasteiger partial charge in [0, 0.05) is 13.1 Å². The minimum absolute atomic E-state index is 0.0674. The second-order valence-electron chi connectivity index (χ2n) is 4.25. The van der Waals surface area contributed by atoms with Crippen LogP contribution < -0.4 is 5.32 Å². The molecule has 0 fully saturated rings. The summed E-state index contributed by atoms with van der Waals surface area (Å²) in [6, 6.07) is 5.19. The maximum atomic E-state index is 11.9. The van der Waals surface area contributed by atoms with E-state index in [-0.39, 0.29) is 11.7 Å². The van der Waals surface area contributed by atoms with Crippen LogP contribution in [0.4, 0.5) is 0 Å². The molecule has 0 saturated heterocycles. The molecule has 4 nitrogen and oxygen atoms in total. The number of hydrogen-bond donors (Lipinski definition) is 2. The average molecular weight is 250 g/mol. The number of aryl methyl sites for hydroxylation is 1. The van der Waals surface area contributed by atoms with Crippen molar-refractivity contribution in [2.45, 2.75) is 20.8 Å². The number of aromatic hydroxyl groups is 1. The molecule has 0 unspecified atom stereocenters. The lowest BCUT2D eigenvalue weighted by molar-refractivity contribution is 0.0946. The first-order valence-corrected chi connectivity index (χ1v) is 6.39. The van der Waals surface area contributed by atoms with Crippen LogP contribution in [0.3, 0.4) is 0 Å². The second kappa shape index (κ2) is 7.01. The van der Waals surface area contributed by atoms with Gasteiger partial charge in [-0.1, -0.05) is 26.0 Å². The molecule has 4 heteroatoms. The molecule has 0 aromatic heterocycles. The molecule has 1 amide bonds. The Morgan fingerprint density at radius 2 is 2.00 bits per heavy atom. The first-order chi connectivity index (χ1) is 8.60. The molecule has 0 radical (unpaired) electrons. The highest BCUT2D eigenvalue weighted by atomic mass is 16.3. The minimum Gasteiger partial charge on any atom is -0.507 e. The van der Waals surface area contributed by atoms with Gasteiger partial charge in [-0.3, -0.25) is 4.79 Å². The number of hydrogen-bond acceptors (Lipinski definition) is 3. The lowest BCUT2D eigenvalue weighted by Gasteiger charge is -2.18. The van der Waals surface area contributed by atoms with E-state index in [0.717, 1.165) is 19.6 Å². The number of carbonyl (C=O) groups excluding carboxylic acids is 1. The summed E-state index contributed by atoms with van der Waals surface area (Å²) in [4.78, 5) is 14.1. The van der Waals surface area contributed by atoms with Crippen LogP contribution >= 0.6 is 0 Å². The topological polar surface area (TPSA) is 52.6 Å². The zero-order chi connectivity index (χ0) is 13.5. The van der Waals surface area contributed by atoms with Gasteiger partial charge in [-0.15, -0.1) is 0 Å². The van der Waals surface area contributed by atoms with E-state index in [0.29, 0.717) is 17.7 Å².